The molecule has 0 radical (unpaired) electrons. The Labute approximate surface area is 122 Å². The van der Waals surface area contributed by atoms with Crippen LogP contribution in [0.5, 0.6) is 0 Å². The summed E-state index contributed by atoms with van der Waals surface area (Å²) in [6.45, 7) is 2.18. The predicted octanol–water partition coefficient (Wildman–Crippen LogP) is 1.01. The van der Waals surface area contributed by atoms with Gasteiger partial charge in [0.05, 0.1) is 5.56 Å². The van der Waals surface area contributed by atoms with E-state index >= 15 is 0 Å². The molecule has 0 fully saturated rings. The van der Waals surface area contributed by atoms with Crippen molar-refractivity contribution >= 4 is 11.8 Å². The molecule has 6 heteroatoms. The number of rotatable bonds is 5. The standard InChI is InChI=1S/C15H16N4O2/c1-11(20)16-7-8-17-15(21)13-9-18-14(19-10-13)12-5-3-2-4-6-12/h2-6,9-10H,7-8H2,1H3,(H,16,20)(H,17,21). The van der Waals surface area contributed by atoms with Gasteiger partial charge in [0, 0.05) is 38.0 Å². The van der Waals surface area contributed by atoms with Crippen LogP contribution in [0.3, 0.4) is 0 Å². The van der Waals surface area contributed by atoms with Gasteiger partial charge in [0.2, 0.25) is 5.91 Å². The van der Waals surface area contributed by atoms with Crippen LogP contribution in [0.25, 0.3) is 11.4 Å². The fourth-order valence-electron chi connectivity index (χ4n) is 1.70. The second-order valence-electron chi connectivity index (χ2n) is 4.40. The van der Waals surface area contributed by atoms with Crippen LogP contribution >= 0.6 is 0 Å². The molecule has 0 aliphatic heterocycles. The number of nitrogens with one attached hydrogen (secondary N) is 2. The molecule has 0 unspecified atom stereocenters. The molecule has 1 aromatic carbocycles. The lowest BCUT2D eigenvalue weighted by molar-refractivity contribution is -0.118. The number of aromatic nitrogens is 2. The molecule has 0 saturated heterocycles. The van der Waals surface area contributed by atoms with Crippen LogP contribution in [-0.2, 0) is 4.79 Å². The predicted molar refractivity (Wildman–Crippen MR) is 78.5 cm³/mol. The third-order valence-corrected chi connectivity index (χ3v) is 2.73. The molecule has 1 aromatic heterocycles. The summed E-state index contributed by atoms with van der Waals surface area (Å²) in [7, 11) is 0. The van der Waals surface area contributed by atoms with Gasteiger partial charge in [0.1, 0.15) is 0 Å². The van der Waals surface area contributed by atoms with Crippen LogP contribution in [0.15, 0.2) is 42.7 Å². The normalized spacial score (nSPS) is 9.95. The number of carbonyl (C=O) groups is 2. The highest BCUT2D eigenvalue weighted by molar-refractivity contribution is 5.93. The first-order valence-corrected chi connectivity index (χ1v) is 6.57. The highest BCUT2D eigenvalue weighted by Crippen LogP contribution is 2.12. The van der Waals surface area contributed by atoms with Gasteiger partial charge >= 0.3 is 0 Å². The van der Waals surface area contributed by atoms with E-state index in [4.69, 9.17) is 0 Å². The van der Waals surface area contributed by atoms with Gasteiger partial charge in [0.15, 0.2) is 5.82 Å². The van der Waals surface area contributed by atoms with Crippen LogP contribution in [-0.4, -0.2) is 34.9 Å². The maximum atomic E-state index is 11.8. The molecule has 6 nitrogen and oxygen atoms in total. The van der Waals surface area contributed by atoms with Crippen molar-refractivity contribution in [1.82, 2.24) is 20.6 Å². The zero-order valence-corrected chi connectivity index (χ0v) is 11.7. The topological polar surface area (TPSA) is 84.0 Å². The second kappa shape index (κ2) is 7.14. The van der Waals surface area contributed by atoms with E-state index in [0.717, 1.165) is 5.56 Å². The summed E-state index contributed by atoms with van der Waals surface area (Å²) in [5.41, 5.74) is 1.28. The lowest BCUT2D eigenvalue weighted by atomic mass is 10.2. The Morgan fingerprint density at radius 1 is 1.00 bits per heavy atom. The number of carbonyl (C=O) groups excluding carboxylic acids is 2. The minimum absolute atomic E-state index is 0.125. The third-order valence-electron chi connectivity index (χ3n) is 2.73. The number of hydrogen-bond acceptors (Lipinski definition) is 4. The van der Waals surface area contributed by atoms with Crippen molar-refractivity contribution in [3.8, 4) is 11.4 Å². The summed E-state index contributed by atoms with van der Waals surface area (Å²) in [5, 5.41) is 5.28. The first kappa shape index (κ1) is 14.6. The first-order chi connectivity index (χ1) is 10.2. The quantitative estimate of drug-likeness (QED) is 0.803. The van der Waals surface area contributed by atoms with Crippen molar-refractivity contribution in [2.45, 2.75) is 6.92 Å². The zero-order valence-electron chi connectivity index (χ0n) is 11.7. The van der Waals surface area contributed by atoms with E-state index in [9.17, 15) is 9.59 Å². The molecule has 0 atom stereocenters. The van der Waals surface area contributed by atoms with Crippen molar-refractivity contribution in [3.63, 3.8) is 0 Å². The van der Waals surface area contributed by atoms with E-state index in [1.54, 1.807) is 0 Å². The lowest BCUT2D eigenvalue weighted by Gasteiger charge is -2.06. The van der Waals surface area contributed by atoms with Crippen molar-refractivity contribution in [3.05, 3.63) is 48.3 Å². The Bertz CT molecular complexity index is 611. The Kier molecular flexibility index (Phi) is 4.98. The van der Waals surface area contributed by atoms with Gasteiger partial charge in [-0.3, -0.25) is 9.59 Å². The van der Waals surface area contributed by atoms with E-state index in [1.165, 1.54) is 19.3 Å². The fourth-order valence-corrected chi connectivity index (χ4v) is 1.70. The van der Waals surface area contributed by atoms with Gasteiger partial charge in [-0.2, -0.15) is 0 Å². The highest BCUT2D eigenvalue weighted by Gasteiger charge is 2.07. The molecule has 2 rings (SSSR count). The SMILES string of the molecule is CC(=O)NCCNC(=O)c1cnc(-c2ccccc2)nc1. The second-order valence-corrected chi connectivity index (χ2v) is 4.40. The maximum Gasteiger partial charge on any atom is 0.254 e. The van der Waals surface area contributed by atoms with Crippen molar-refractivity contribution in [2.75, 3.05) is 13.1 Å². The smallest absolute Gasteiger partial charge is 0.254 e. The molecule has 0 aliphatic rings. The molecule has 1 heterocycles. The van der Waals surface area contributed by atoms with Crippen LogP contribution in [0.2, 0.25) is 0 Å². The van der Waals surface area contributed by atoms with Gasteiger partial charge in [0.25, 0.3) is 5.91 Å². The molecule has 2 aromatic rings. The number of benzene rings is 1. The Morgan fingerprint density at radius 3 is 2.24 bits per heavy atom. The highest BCUT2D eigenvalue weighted by atomic mass is 16.2. The van der Waals surface area contributed by atoms with Crippen LogP contribution in [0, 0.1) is 0 Å². The Balaban J connectivity index is 1.93. The van der Waals surface area contributed by atoms with E-state index in [1.807, 2.05) is 30.3 Å². The van der Waals surface area contributed by atoms with Crippen LogP contribution < -0.4 is 10.6 Å². The molecule has 0 saturated carbocycles. The molecular weight excluding hydrogens is 268 g/mol. The lowest BCUT2D eigenvalue weighted by Crippen LogP contribution is -2.33. The average Bonchev–Trinajstić information content (AvgIpc) is 2.52. The molecule has 0 bridgehead atoms. The molecule has 2 amide bonds. The monoisotopic (exact) mass is 284 g/mol. The minimum Gasteiger partial charge on any atom is -0.355 e. The van der Waals surface area contributed by atoms with Crippen LogP contribution in [0.1, 0.15) is 17.3 Å². The zero-order chi connectivity index (χ0) is 15.1. The van der Waals surface area contributed by atoms with Gasteiger partial charge in [-0.25, -0.2) is 9.97 Å². The van der Waals surface area contributed by atoms with E-state index in [-0.39, 0.29) is 11.8 Å². The Hall–Kier alpha value is -2.76. The Morgan fingerprint density at radius 2 is 1.62 bits per heavy atom. The van der Waals surface area contributed by atoms with Gasteiger partial charge in [-0.05, 0) is 0 Å². The average molecular weight is 284 g/mol. The number of nitrogens with zero attached hydrogens (tertiary/aromatic N) is 2. The molecular formula is C15H16N4O2. The fraction of sp³-hybridized carbons (Fsp3) is 0.200. The molecule has 2 N–H and O–H groups in total. The molecule has 0 aliphatic carbocycles. The third kappa shape index (κ3) is 4.38. The molecule has 21 heavy (non-hydrogen) atoms. The maximum absolute atomic E-state index is 11.8. The summed E-state index contributed by atoms with van der Waals surface area (Å²) in [6, 6.07) is 9.54. The van der Waals surface area contributed by atoms with E-state index in [2.05, 4.69) is 20.6 Å². The van der Waals surface area contributed by atoms with Crippen LogP contribution in [0.4, 0.5) is 0 Å². The largest absolute Gasteiger partial charge is 0.355 e. The van der Waals surface area contributed by atoms with E-state index in [0.29, 0.717) is 24.5 Å². The van der Waals surface area contributed by atoms with E-state index < -0.39 is 0 Å². The van der Waals surface area contributed by atoms with Gasteiger partial charge in [-0.15, -0.1) is 0 Å². The van der Waals surface area contributed by atoms with Gasteiger partial charge in [-0.1, -0.05) is 30.3 Å². The van der Waals surface area contributed by atoms with Crippen molar-refractivity contribution in [2.24, 2.45) is 0 Å². The van der Waals surface area contributed by atoms with Crippen molar-refractivity contribution < 1.29 is 9.59 Å². The first-order valence-electron chi connectivity index (χ1n) is 6.57. The number of amides is 2. The summed E-state index contributed by atoms with van der Waals surface area (Å²) < 4.78 is 0. The summed E-state index contributed by atoms with van der Waals surface area (Å²) in [5.74, 6) is 0.185. The minimum atomic E-state index is -0.264. The summed E-state index contributed by atoms with van der Waals surface area (Å²) >= 11 is 0. The molecule has 108 valence electrons. The number of hydrogen-bond donors (Lipinski definition) is 2. The molecule has 0 spiro atoms. The summed E-state index contributed by atoms with van der Waals surface area (Å²) in [4.78, 5) is 30.9. The van der Waals surface area contributed by atoms with Gasteiger partial charge < -0.3 is 10.6 Å². The summed E-state index contributed by atoms with van der Waals surface area (Å²) in [6.07, 6.45) is 2.98. The van der Waals surface area contributed by atoms with Crippen molar-refractivity contribution in [1.29, 1.82) is 0 Å².